The number of rotatable bonds is 6. The van der Waals surface area contributed by atoms with Crippen molar-refractivity contribution in [1.29, 1.82) is 0 Å². The molecule has 1 N–H and O–H groups in total. The Labute approximate surface area is 109 Å². The quantitative estimate of drug-likeness (QED) is 0.825. The van der Waals surface area contributed by atoms with Crippen molar-refractivity contribution in [1.82, 2.24) is 30.4 Å². The molecule has 2 rings (SSSR count). The van der Waals surface area contributed by atoms with E-state index in [2.05, 4.69) is 25.7 Å². The molecule has 0 aliphatic carbocycles. The van der Waals surface area contributed by atoms with Gasteiger partial charge in [-0.15, -0.1) is 5.10 Å². The highest BCUT2D eigenvalue weighted by atomic mass is 16.4. The maximum atomic E-state index is 10.9. The van der Waals surface area contributed by atoms with Crippen LogP contribution < -0.4 is 0 Å². The van der Waals surface area contributed by atoms with E-state index in [0.717, 1.165) is 6.42 Å². The lowest BCUT2D eigenvalue weighted by Crippen LogP contribution is -2.16. The van der Waals surface area contributed by atoms with Crippen molar-refractivity contribution in [3.63, 3.8) is 0 Å². The van der Waals surface area contributed by atoms with E-state index in [4.69, 9.17) is 5.11 Å². The van der Waals surface area contributed by atoms with E-state index in [9.17, 15) is 4.79 Å². The molecule has 0 saturated carbocycles. The Morgan fingerprint density at radius 3 is 2.95 bits per heavy atom. The number of hydrogen-bond acceptors (Lipinski definition) is 6. The largest absolute Gasteiger partial charge is 0.481 e. The molecular weight excluding hydrogens is 248 g/mol. The first-order valence-electron chi connectivity index (χ1n) is 5.99. The highest BCUT2D eigenvalue weighted by Crippen LogP contribution is 2.23. The Morgan fingerprint density at radius 2 is 2.32 bits per heavy atom. The maximum Gasteiger partial charge on any atom is 0.305 e. The zero-order valence-corrected chi connectivity index (χ0v) is 10.5. The molecule has 0 aromatic carbocycles. The SMILES string of the molecule is CCCC(CC(=O)O)n1nnnc1-c1ccnnc1. The van der Waals surface area contributed by atoms with Crippen LogP contribution in [0.5, 0.6) is 0 Å². The molecule has 2 heterocycles. The van der Waals surface area contributed by atoms with Crippen LogP contribution in [0.2, 0.25) is 0 Å². The molecule has 8 nitrogen and oxygen atoms in total. The van der Waals surface area contributed by atoms with Crippen molar-refractivity contribution in [2.45, 2.75) is 32.2 Å². The van der Waals surface area contributed by atoms with Gasteiger partial charge >= 0.3 is 5.97 Å². The molecule has 0 aliphatic rings. The molecule has 0 saturated heterocycles. The van der Waals surface area contributed by atoms with Crippen LogP contribution in [-0.4, -0.2) is 41.5 Å². The fourth-order valence-corrected chi connectivity index (χ4v) is 1.90. The normalized spacial score (nSPS) is 12.3. The predicted octanol–water partition coefficient (Wildman–Crippen LogP) is 0.946. The average Bonchev–Trinajstić information content (AvgIpc) is 2.88. The summed E-state index contributed by atoms with van der Waals surface area (Å²) >= 11 is 0. The third-order valence-electron chi connectivity index (χ3n) is 2.71. The second kappa shape index (κ2) is 5.98. The lowest BCUT2D eigenvalue weighted by atomic mass is 10.1. The molecule has 0 spiro atoms. The Balaban J connectivity index is 2.33. The monoisotopic (exact) mass is 262 g/mol. The van der Waals surface area contributed by atoms with Crippen molar-refractivity contribution in [2.24, 2.45) is 0 Å². The van der Waals surface area contributed by atoms with Crippen molar-refractivity contribution in [3.8, 4) is 11.4 Å². The minimum atomic E-state index is -0.868. The van der Waals surface area contributed by atoms with Crippen molar-refractivity contribution in [3.05, 3.63) is 18.5 Å². The van der Waals surface area contributed by atoms with Gasteiger partial charge in [-0.05, 0) is 22.9 Å². The molecular formula is C11H14N6O2. The molecule has 1 atom stereocenters. The first kappa shape index (κ1) is 13.1. The molecule has 0 fully saturated rings. The Morgan fingerprint density at radius 1 is 1.47 bits per heavy atom. The first-order chi connectivity index (χ1) is 9.22. The zero-order valence-electron chi connectivity index (χ0n) is 10.5. The summed E-state index contributed by atoms with van der Waals surface area (Å²) in [6.45, 7) is 1.99. The van der Waals surface area contributed by atoms with Crippen molar-refractivity contribution in [2.75, 3.05) is 0 Å². The molecule has 100 valence electrons. The van der Waals surface area contributed by atoms with Crippen molar-refractivity contribution < 1.29 is 9.90 Å². The summed E-state index contributed by atoms with van der Waals surface area (Å²) in [5.74, 6) is -0.359. The molecule has 2 aromatic rings. The van der Waals surface area contributed by atoms with Gasteiger partial charge < -0.3 is 5.11 Å². The summed E-state index contributed by atoms with van der Waals surface area (Å²) in [5, 5.41) is 27.9. The summed E-state index contributed by atoms with van der Waals surface area (Å²) < 4.78 is 1.55. The maximum absolute atomic E-state index is 10.9. The Bertz CT molecular complexity index is 541. The molecule has 0 radical (unpaired) electrons. The van der Waals surface area contributed by atoms with Crippen LogP contribution >= 0.6 is 0 Å². The van der Waals surface area contributed by atoms with E-state index in [1.807, 2.05) is 6.92 Å². The van der Waals surface area contributed by atoms with E-state index >= 15 is 0 Å². The van der Waals surface area contributed by atoms with Gasteiger partial charge in [0.25, 0.3) is 0 Å². The number of carboxylic acids is 1. The van der Waals surface area contributed by atoms with Crippen LogP contribution in [0.1, 0.15) is 32.2 Å². The van der Waals surface area contributed by atoms with Crippen LogP contribution in [-0.2, 0) is 4.79 Å². The van der Waals surface area contributed by atoms with Crippen LogP contribution in [0.3, 0.4) is 0 Å². The molecule has 0 aliphatic heterocycles. The molecule has 0 amide bonds. The van der Waals surface area contributed by atoms with Crippen LogP contribution in [0.15, 0.2) is 18.5 Å². The smallest absolute Gasteiger partial charge is 0.305 e. The number of nitrogens with zero attached hydrogens (tertiary/aromatic N) is 6. The van der Waals surface area contributed by atoms with Gasteiger partial charge in [-0.3, -0.25) is 4.79 Å². The van der Waals surface area contributed by atoms with Crippen LogP contribution in [0.25, 0.3) is 11.4 Å². The summed E-state index contributed by atoms with van der Waals surface area (Å²) in [5.41, 5.74) is 0.714. The van der Waals surface area contributed by atoms with E-state index in [-0.39, 0.29) is 12.5 Å². The highest BCUT2D eigenvalue weighted by molar-refractivity contribution is 5.67. The molecule has 0 bridgehead atoms. The van der Waals surface area contributed by atoms with E-state index in [0.29, 0.717) is 17.8 Å². The third kappa shape index (κ3) is 3.09. The van der Waals surface area contributed by atoms with Crippen LogP contribution in [0.4, 0.5) is 0 Å². The van der Waals surface area contributed by atoms with Gasteiger partial charge in [0.1, 0.15) is 0 Å². The zero-order chi connectivity index (χ0) is 13.7. The lowest BCUT2D eigenvalue weighted by Gasteiger charge is -2.15. The van der Waals surface area contributed by atoms with Gasteiger partial charge in [-0.2, -0.15) is 10.2 Å². The summed E-state index contributed by atoms with van der Waals surface area (Å²) in [7, 11) is 0. The van der Waals surface area contributed by atoms with Gasteiger partial charge in [0, 0.05) is 5.56 Å². The van der Waals surface area contributed by atoms with E-state index < -0.39 is 5.97 Å². The van der Waals surface area contributed by atoms with E-state index in [1.54, 1.807) is 23.1 Å². The fourth-order valence-electron chi connectivity index (χ4n) is 1.90. The number of carboxylic acid groups (broad SMARTS) is 1. The molecule has 2 aromatic heterocycles. The van der Waals surface area contributed by atoms with E-state index in [1.165, 1.54) is 0 Å². The summed E-state index contributed by atoms with van der Waals surface area (Å²) in [4.78, 5) is 10.9. The first-order valence-corrected chi connectivity index (χ1v) is 5.99. The number of aromatic nitrogens is 6. The van der Waals surface area contributed by atoms with Gasteiger partial charge in [-0.25, -0.2) is 4.68 Å². The highest BCUT2D eigenvalue weighted by Gasteiger charge is 2.20. The van der Waals surface area contributed by atoms with Gasteiger partial charge in [-0.1, -0.05) is 13.3 Å². The number of tetrazole rings is 1. The average molecular weight is 262 g/mol. The van der Waals surface area contributed by atoms with Gasteiger partial charge in [0.15, 0.2) is 5.82 Å². The van der Waals surface area contributed by atoms with Crippen molar-refractivity contribution >= 4 is 5.97 Å². The lowest BCUT2D eigenvalue weighted by molar-refractivity contribution is -0.138. The summed E-state index contributed by atoms with van der Waals surface area (Å²) in [6.07, 6.45) is 4.63. The van der Waals surface area contributed by atoms with Gasteiger partial charge in [0.05, 0.1) is 24.9 Å². The summed E-state index contributed by atoms with van der Waals surface area (Å²) in [6, 6.07) is 1.47. The minimum absolute atomic E-state index is 0.00953. The second-order valence-corrected chi connectivity index (χ2v) is 4.12. The Kier molecular flexibility index (Phi) is 4.11. The predicted molar refractivity (Wildman–Crippen MR) is 65.0 cm³/mol. The topological polar surface area (TPSA) is 107 Å². The minimum Gasteiger partial charge on any atom is -0.481 e. The molecule has 8 heteroatoms. The molecule has 19 heavy (non-hydrogen) atoms. The number of carbonyl (C=O) groups is 1. The second-order valence-electron chi connectivity index (χ2n) is 4.12. The number of aliphatic carboxylic acids is 1. The standard InChI is InChI=1S/C11H14N6O2/c1-2-3-9(6-10(18)19)17-11(14-15-16-17)8-4-5-12-13-7-8/h4-5,7,9H,2-3,6H2,1H3,(H,18,19). The Hall–Kier alpha value is -2.38. The molecule has 1 unspecified atom stereocenters. The fraction of sp³-hybridized carbons (Fsp3) is 0.455. The van der Waals surface area contributed by atoms with Crippen LogP contribution in [0, 0.1) is 0 Å². The van der Waals surface area contributed by atoms with Gasteiger partial charge in [0.2, 0.25) is 0 Å². The number of hydrogen-bond donors (Lipinski definition) is 1. The third-order valence-corrected chi connectivity index (χ3v) is 2.71.